The number of esters is 1. The summed E-state index contributed by atoms with van der Waals surface area (Å²) in [5, 5.41) is 3.11. The molecule has 0 radical (unpaired) electrons. The molecule has 0 bridgehead atoms. The van der Waals surface area contributed by atoms with Crippen LogP contribution in [0.4, 0.5) is 5.00 Å². The number of methoxy groups -OCH3 is 1. The molecule has 2 heterocycles. The van der Waals surface area contributed by atoms with Gasteiger partial charge in [-0.05, 0) is 49.6 Å². The molecule has 9 heteroatoms. The van der Waals surface area contributed by atoms with Crippen LogP contribution in [0.25, 0.3) is 11.1 Å². The summed E-state index contributed by atoms with van der Waals surface area (Å²) in [5.41, 5.74) is 2.15. The maximum Gasteiger partial charge on any atom is 0.341 e. The van der Waals surface area contributed by atoms with E-state index in [0.717, 1.165) is 15.3 Å². The Balaban J connectivity index is 1.70. The van der Waals surface area contributed by atoms with Gasteiger partial charge in [-0.1, -0.05) is 38.1 Å². The zero-order chi connectivity index (χ0) is 26.9. The maximum absolute atomic E-state index is 13.6. The van der Waals surface area contributed by atoms with Crippen LogP contribution in [0.3, 0.4) is 0 Å². The number of hydrogen-bond acceptors (Lipinski definition) is 7. The first-order valence-corrected chi connectivity index (χ1v) is 12.7. The lowest BCUT2D eigenvalue weighted by Gasteiger charge is -2.28. The van der Waals surface area contributed by atoms with E-state index in [1.165, 1.54) is 18.4 Å². The van der Waals surface area contributed by atoms with Gasteiger partial charge in [0.25, 0.3) is 11.8 Å². The number of carbonyl (C=O) groups excluding carboxylic acids is 4. The molecule has 0 saturated heterocycles. The fourth-order valence-corrected chi connectivity index (χ4v) is 5.59. The molecule has 1 N–H and O–H groups in total. The number of aryl methyl sites for hydroxylation is 1. The van der Waals surface area contributed by atoms with E-state index in [1.54, 1.807) is 38.1 Å². The molecule has 0 spiro atoms. The molecule has 3 aromatic rings. The molecule has 0 saturated carbocycles. The predicted octanol–water partition coefficient (Wildman–Crippen LogP) is 5.17. The lowest BCUT2D eigenvalue weighted by Crippen LogP contribution is -2.50. The van der Waals surface area contributed by atoms with Gasteiger partial charge in [0, 0.05) is 10.4 Å². The van der Waals surface area contributed by atoms with E-state index in [-0.39, 0.29) is 22.6 Å². The average molecular weight is 521 g/mol. The topological polar surface area (TPSA) is 102 Å². The van der Waals surface area contributed by atoms with E-state index >= 15 is 0 Å². The highest BCUT2D eigenvalue weighted by Gasteiger charge is 2.44. The molecule has 0 aliphatic carbocycles. The van der Waals surface area contributed by atoms with Gasteiger partial charge < -0.3 is 14.8 Å². The molecule has 1 aliphatic heterocycles. The Labute approximate surface area is 219 Å². The molecule has 1 unspecified atom stereocenters. The molecule has 3 amide bonds. The smallest absolute Gasteiger partial charge is 0.341 e. The van der Waals surface area contributed by atoms with Crippen LogP contribution in [-0.2, 0) is 9.53 Å². The summed E-state index contributed by atoms with van der Waals surface area (Å²) in [6, 6.07) is 12.7. The third-order valence-electron chi connectivity index (χ3n) is 6.17. The largest absolute Gasteiger partial charge is 0.494 e. The minimum atomic E-state index is -1.07. The van der Waals surface area contributed by atoms with E-state index in [1.807, 2.05) is 38.1 Å². The molecule has 4 rings (SSSR count). The molecule has 0 fully saturated rings. The summed E-state index contributed by atoms with van der Waals surface area (Å²) in [7, 11) is 1.28. The number of carbonyl (C=O) groups is 4. The maximum atomic E-state index is 13.6. The summed E-state index contributed by atoms with van der Waals surface area (Å²) in [5.74, 6) is -1.87. The van der Waals surface area contributed by atoms with Crippen molar-refractivity contribution in [2.45, 2.75) is 33.7 Å². The van der Waals surface area contributed by atoms with Crippen molar-refractivity contribution in [3.63, 3.8) is 0 Å². The predicted molar refractivity (Wildman–Crippen MR) is 141 cm³/mol. The summed E-state index contributed by atoms with van der Waals surface area (Å²) >= 11 is 1.23. The van der Waals surface area contributed by atoms with Gasteiger partial charge in [0.15, 0.2) is 0 Å². The number of hydrogen-bond donors (Lipinski definition) is 1. The lowest BCUT2D eigenvalue weighted by molar-refractivity contribution is -0.121. The van der Waals surface area contributed by atoms with Crippen molar-refractivity contribution in [1.82, 2.24) is 4.90 Å². The van der Waals surface area contributed by atoms with E-state index in [9.17, 15) is 19.2 Å². The van der Waals surface area contributed by atoms with Crippen molar-refractivity contribution in [1.29, 1.82) is 0 Å². The van der Waals surface area contributed by atoms with Crippen LogP contribution >= 0.6 is 11.3 Å². The SMILES string of the molecule is CCOc1ccc(-c2c(C)sc(NC(=O)C(C(C)C)N3C(=O)c4ccccc4C3=O)c2C(=O)OC)cc1. The van der Waals surface area contributed by atoms with Gasteiger partial charge in [-0.25, -0.2) is 4.79 Å². The number of imide groups is 1. The van der Waals surface area contributed by atoms with Crippen molar-refractivity contribution < 1.29 is 28.7 Å². The highest BCUT2D eigenvalue weighted by Crippen LogP contribution is 2.41. The average Bonchev–Trinajstić information content (AvgIpc) is 3.33. The number of anilines is 1. The number of nitrogens with one attached hydrogen (secondary N) is 1. The molecule has 8 nitrogen and oxygen atoms in total. The van der Waals surface area contributed by atoms with Crippen LogP contribution in [0.2, 0.25) is 0 Å². The normalized spacial score (nSPS) is 13.5. The van der Waals surface area contributed by atoms with Gasteiger partial charge >= 0.3 is 5.97 Å². The third kappa shape index (κ3) is 4.74. The van der Waals surface area contributed by atoms with Crippen LogP contribution in [0, 0.1) is 12.8 Å². The minimum absolute atomic E-state index is 0.215. The second-order valence-corrected chi connectivity index (χ2v) is 10.1. The molecule has 1 aliphatic rings. The number of ether oxygens (including phenoxy) is 2. The minimum Gasteiger partial charge on any atom is -0.494 e. The van der Waals surface area contributed by atoms with Gasteiger partial charge in [0.2, 0.25) is 5.91 Å². The summed E-state index contributed by atoms with van der Waals surface area (Å²) in [6.07, 6.45) is 0. The molecular weight excluding hydrogens is 492 g/mol. The highest BCUT2D eigenvalue weighted by atomic mass is 32.1. The van der Waals surface area contributed by atoms with Crippen LogP contribution < -0.4 is 10.1 Å². The lowest BCUT2D eigenvalue weighted by atomic mass is 10.00. The Morgan fingerprint density at radius 2 is 1.59 bits per heavy atom. The summed E-state index contributed by atoms with van der Waals surface area (Å²) in [6.45, 7) is 7.81. The zero-order valence-electron chi connectivity index (χ0n) is 21.3. The summed E-state index contributed by atoms with van der Waals surface area (Å²) < 4.78 is 10.6. The molecule has 1 aromatic heterocycles. The molecule has 192 valence electrons. The second kappa shape index (κ2) is 10.6. The number of rotatable bonds is 8. The Bertz CT molecular complexity index is 1340. The molecule has 1 atom stereocenters. The van der Waals surface area contributed by atoms with E-state index < -0.39 is 29.7 Å². The quantitative estimate of drug-likeness (QED) is 0.325. The molecule has 37 heavy (non-hydrogen) atoms. The van der Waals surface area contributed by atoms with Crippen molar-refractivity contribution in [2.75, 3.05) is 19.0 Å². The van der Waals surface area contributed by atoms with Crippen LogP contribution in [0.5, 0.6) is 5.75 Å². The van der Waals surface area contributed by atoms with Crippen molar-refractivity contribution in [3.8, 4) is 16.9 Å². The van der Waals surface area contributed by atoms with Crippen LogP contribution in [-0.4, -0.2) is 48.3 Å². The number of fused-ring (bicyclic) bond motifs is 1. The first-order chi connectivity index (χ1) is 17.7. The highest BCUT2D eigenvalue weighted by molar-refractivity contribution is 7.17. The van der Waals surface area contributed by atoms with Crippen molar-refractivity contribution >= 4 is 40.0 Å². The van der Waals surface area contributed by atoms with Crippen LogP contribution in [0.15, 0.2) is 48.5 Å². The van der Waals surface area contributed by atoms with E-state index in [0.29, 0.717) is 22.9 Å². The monoisotopic (exact) mass is 520 g/mol. The van der Waals surface area contributed by atoms with Crippen LogP contribution in [0.1, 0.15) is 56.7 Å². The number of benzene rings is 2. The number of nitrogens with zero attached hydrogens (tertiary/aromatic N) is 1. The second-order valence-electron chi connectivity index (χ2n) is 8.89. The number of thiophene rings is 1. The van der Waals surface area contributed by atoms with Gasteiger partial charge in [-0.15, -0.1) is 11.3 Å². The Hall–Kier alpha value is -3.98. The van der Waals surface area contributed by atoms with Gasteiger partial charge in [-0.2, -0.15) is 0 Å². The third-order valence-corrected chi connectivity index (χ3v) is 7.19. The fourth-order valence-electron chi connectivity index (χ4n) is 4.53. The van der Waals surface area contributed by atoms with E-state index in [2.05, 4.69) is 5.32 Å². The Kier molecular flexibility index (Phi) is 7.45. The van der Waals surface area contributed by atoms with Crippen molar-refractivity contribution in [3.05, 3.63) is 70.1 Å². The standard InChI is InChI=1S/C28H28N2O6S/c1-6-36-18-13-11-17(12-14-18)21-16(4)37-25(22(21)28(34)35-5)29-24(31)23(15(2)3)30-26(32)19-9-7-8-10-20(19)27(30)33/h7-15,23H,6H2,1-5H3,(H,29,31). The van der Waals surface area contributed by atoms with Crippen molar-refractivity contribution in [2.24, 2.45) is 5.92 Å². The fraction of sp³-hybridized carbons (Fsp3) is 0.286. The van der Waals surface area contributed by atoms with Gasteiger partial charge in [0.1, 0.15) is 22.4 Å². The van der Waals surface area contributed by atoms with Gasteiger partial charge in [-0.3, -0.25) is 19.3 Å². The number of amides is 3. The summed E-state index contributed by atoms with van der Waals surface area (Å²) in [4.78, 5) is 54.5. The molecular formula is C28H28N2O6S. The van der Waals surface area contributed by atoms with Gasteiger partial charge in [0.05, 0.1) is 24.8 Å². The molecule has 2 aromatic carbocycles. The zero-order valence-corrected chi connectivity index (χ0v) is 22.1. The Morgan fingerprint density at radius 3 is 2.11 bits per heavy atom. The first kappa shape index (κ1) is 26.1. The Morgan fingerprint density at radius 1 is 1.00 bits per heavy atom. The first-order valence-electron chi connectivity index (χ1n) is 11.9. The van der Waals surface area contributed by atoms with E-state index in [4.69, 9.17) is 9.47 Å².